The maximum Gasteiger partial charge on any atom is 0.410 e. The fourth-order valence-electron chi connectivity index (χ4n) is 1.94. The second-order valence-electron chi connectivity index (χ2n) is 5.68. The van der Waals surface area contributed by atoms with Crippen LogP contribution in [-0.2, 0) is 4.74 Å². The van der Waals surface area contributed by atoms with E-state index in [1.54, 1.807) is 20.8 Å². The van der Waals surface area contributed by atoms with Crippen molar-refractivity contribution in [2.75, 3.05) is 19.7 Å². The molecular weight excluding hydrogens is 244 g/mol. The summed E-state index contributed by atoms with van der Waals surface area (Å²) < 4.78 is 31.9. The molecule has 0 aromatic heterocycles. The quantitative estimate of drug-likeness (QED) is 0.833. The summed E-state index contributed by atoms with van der Waals surface area (Å²) in [5.74, 6) is -4.13. The van der Waals surface area contributed by atoms with Gasteiger partial charge in [-0.2, -0.15) is 0 Å². The number of likely N-dealkylation sites (tertiary alicyclic amines) is 1. The average Bonchev–Trinajstić information content (AvgIpc) is 2.27. The SMILES string of the molecule is CC(C)(C)OC(=O)N1CCC[C@@H](C(F)(F)CO)C1. The van der Waals surface area contributed by atoms with E-state index in [0.29, 0.717) is 19.4 Å². The van der Waals surface area contributed by atoms with Crippen molar-refractivity contribution in [2.45, 2.75) is 45.1 Å². The van der Waals surface area contributed by atoms with Gasteiger partial charge in [-0.25, -0.2) is 13.6 Å². The second kappa shape index (κ2) is 5.38. The van der Waals surface area contributed by atoms with Gasteiger partial charge in [-0.15, -0.1) is 0 Å². The monoisotopic (exact) mass is 265 g/mol. The lowest BCUT2D eigenvalue weighted by molar-refractivity contribution is -0.114. The van der Waals surface area contributed by atoms with Crippen LogP contribution in [0.15, 0.2) is 0 Å². The molecule has 0 aromatic rings. The highest BCUT2D eigenvalue weighted by atomic mass is 19.3. The largest absolute Gasteiger partial charge is 0.444 e. The van der Waals surface area contributed by atoms with Crippen LogP contribution in [0.3, 0.4) is 0 Å². The van der Waals surface area contributed by atoms with Crippen molar-refractivity contribution in [1.29, 1.82) is 0 Å². The van der Waals surface area contributed by atoms with Gasteiger partial charge in [0.05, 0.1) is 0 Å². The van der Waals surface area contributed by atoms with Crippen molar-refractivity contribution in [1.82, 2.24) is 4.90 Å². The Morgan fingerprint density at radius 3 is 2.56 bits per heavy atom. The van der Waals surface area contributed by atoms with Crippen LogP contribution in [0.4, 0.5) is 13.6 Å². The predicted octanol–water partition coefficient (Wildman–Crippen LogP) is 2.26. The number of halogens is 2. The number of carbonyl (C=O) groups excluding carboxylic acids is 1. The summed E-state index contributed by atoms with van der Waals surface area (Å²) in [5.41, 5.74) is -0.635. The van der Waals surface area contributed by atoms with E-state index in [2.05, 4.69) is 0 Å². The minimum atomic E-state index is -3.14. The lowest BCUT2D eigenvalue weighted by Crippen LogP contribution is -2.48. The zero-order valence-corrected chi connectivity index (χ0v) is 11.1. The topological polar surface area (TPSA) is 49.8 Å². The van der Waals surface area contributed by atoms with E-state index in [4.69, 9.17) is 9.84 Å². The number of nitrogens with zero attached hydrogens (tertiary/aromatic N) is 1. The number of rotatable bonds is 2. The molecule has 1 atom stereocenters. The third-order valence-electron chi connectivity index (χ3n) is 2.88. The van der Waals surface area contributed by atoms with Gasteiger partial charge in [-0.05, 0) is 33.6 Å². The molecule has 1 heterocycles. The highest BCUT2D eigenvalue weighted by Crippen LogP contribution is 2.32. The second-order valence-corrected chi connectivity index (χ2v) is 5.68. The number of amides is 1. The molecule has 1 saturated heterocycles. The summed E-state index contributed by atoms with van der Waals surface area (Å²) in [7, 11) is 0. The number of ether oxygens (including phenoxy) is 1. The van der Waals surface area contributed by atoms with Gasteiger partial charge >= 0.3 is 6.09 Å². The number of alkyl halides is 2. The van der Waals surface area contributed by atoms with E-state index in [1.807, 2.05) is 0 Å². The highest BCUT2D eigenvalue weighted by Gasteiger charge is 2.42. The zero-order chi connectivity index (χ0) is 14.0. The molecule has 0 aliphatic carbocycles. The molecule has 1 N–H and O–H groups in total. The molecule has 1 aliphatic heterocycles. The fourth-order valence-corrected chi connectivity index (χ4v) is 1.94. The fraction of sp³-hybridized carbons (Fsp3) is 0.917. The van der Waals surface area contributed by atoms with Gasteiger partial charge in [0, 0.05) is 19.0 Å². The molecule has 0 spiro atoms. The van der Waals surface area contributed by atoms with Crippen LogP contribution in [0.5, 0.6) is 0 Å². The molecule has 1 rings (SSSR count). The van der Waals surface area contributed by atoms with Crippen molar-refractivity contribution in [2.24, 2.45) is 5.92 Å². The Balaban J connectivity index is 2.61. The number of aliphatic hydroxyl groups is 1. The Labute approximate surface area is 106 Å². The first-order chi connectivity index (χ1) is 8.15. The minimum absolute atomic E-state index is 0.0670. The molecule has 6 heteroatoms. The van der Waals surface area contributed by atoms with Crippen LogP contribution in [0, 0.1) is 5.92 Å². The number of piperidine rings is 1. The van der Waals surface area contributed by atoms with Gasteiger partial charge in [0.2, 0.25) is 0 Å². The van der Waals surface area contributed by atoms with Crippen molar-refractivity contribution in [3.8, 4) is 0 Å². The molecule has 106 valence electrons. The van der Waals surface area contributed by atoms with Gasteiger partial charge in [0.15, 0.2) is 0 Å². The molecule has 1 amide bonds. The number of hydrogen-bond acceptors (Lipinski definition) is 3. The van der Waals surface area contributed by atoms with Crippen LogP contribution >= 0.6 is 0 Å². The maximum atomic E-state index is 13.4. The summed E-state index contributed by atoms with van der Waals surface area (Å²) in [6.07, 6.45) is 0.243. The Morgan fingerprint density at radius 1 is 1.44 bits per heavy atom. The summed E-state index contributed by atoms with van der Waals surface area (Å²) >= 11 is 0. The molecular formula is C12H21F2NO3. The molecule has 0 radical (unpaired) electrons. The van der Waals surface area contributed by atoms with Crippen molar-refractivity contribution in [3.63, 3.8) is 0 Å². The molecule has 0 unspecified atom stereocenters. The summed E-state index contributed by atoms with van der Waals surface area (Å²) in [4.78, 5) is 13.1. The standard InChI is InChI=1S/C12H21F2NO3/c1-11(2,3)18-10(17)15-6-4-5-9(7-15)12(13,14)8-16/h9,16H,4-8H2,1-3H3/t9-/m1/s1. The Kier molecular flexibility index (Phi) is 4.53. The third-order valence-corrected chi connectivity index (χ3v) is 2.88. The van der Waals surface area contributed by atoms with Crippen molar-refractivity contribution in [3.05, 3.63) is 0 Å². The van der Waals surface area contributed by atoms with Gasteiger partial charge < -0.3 is 14.7 Å². The zero-order valence-electron chi connectivity index (χ0n) is 11.1. The lowest BCUT2D eigenvalue weighted by atomic mass is 9.92. The first-order valence-electron chi connectivity index (χ1n) is 6.12. The first-order valence-corrected chi connectivity index (χ1v) is 6.12. The van der Waals surface area contributed by atoms with Crippen LogP contribution in [0.25, 0.3) is 0 Å². The number of aliphatic hydroxyl groups excluding tert-OH is 1. The van der Waals surface area contributed by atoms with Crippen LogP contribution in [0.2, 0.25) is 0 Å². The predicted molar refractivity (Wildman–Crippen MR) is 62.6 cm³/mol. The van der Waals surface area contributed by atoms with Crippen LogP contribution < -0.4 is 0 Å². The van der Waals surface area contributed by atoms with E-state index in [0.717, 1.165) is 0 Å². The molecule has 4 nitrogen and oxygen atoms in total. The van der Waals surface area contributed by atoms with Gasteiger partial charge in [-0.1, -0.05) is 0 Å². The minimum Gasteiger partial charge on any atom is -0.444 e. The number of carbonyl (C=O) groups is 1. The molecule has 18 heavy (non-hydrogen) atoms. The first kappa shape index (κ1) is 15.1. The van der Waals surface area contributed by atoms with E-state index >= 15 is 0 Å². The van der Waals surface area contributed by atoms with E-state index in [9.17, 15) is 13.6 Å². The molecule has 0 bridgehead atoms. The lowest BCUT2D eigenvalue weighted by Gasteiger charge is -2.36. The third kappa shape index (κ3) is 4.08. The van der Waals surface area contributed by atoms with Crippen LogP contribution in [-0.4, -0.2) is 47.3 Å². The van der Waals surface area contributed by atoms with Crippen molar-refractivity contribution >= 4 is 6.09 Å². The van der Waals surface area contributed by atoms with Gasteiger partial charge in [0.25, 0.3) is 5.92 Å². The van der Waals surface area contributed by atoms with E-state index in [-0.39, 0.29) is 6.54 Å². The Morgan fingerprint density at radius 2 is 2.06 bits per heavy atom. The molecule has 0 saturated carbocycles. The normalized spacial score (nSPS) is 21.9. The van der Waals surface area contributed by atoms with Gasteiger partial charge in [0.1, 0.15) is 12.2 Å². The Hall–Kier alpha value is -0.910. The Bertz CT molecular complexity index is 302. The molecule has 1 fully saturated rings. The number of hydrogen-bond donors (Lipinski definition) is 1. The van der Waals surface area contributed by atoms with Crippen molar-refractivity contribution < 1.29 is 23.4 Å². The maximum absolute atomic E-state index is 13.4. The average molecular weight is 265 g/mol. The summed E-state index contributed by atoms with van der Waals surface area (Å²) in [6.45, 7) is 4.37. The summed E-state index contributed by atoms with van der Waals surface area (Å²) in [6, 6.07) is 0. The van der Waals surface area contributed by atoms with E-state index in [1.165, 1.54) is 4.90 Å². The van der Waals surface area contributed by atoms with Gasteiger partial charge in [-0.3, -0.25) is 0 Å². The highest BCUT2D eigenvalue weighted by molar-refractivity contribution is 5.68. The smallest absolute Gasteiger partial charge is 0.410 e. The van der Waals surface area contributed by atoms with E-state index < -0.39 is 30.1 Å². The summed E-state index contributed by atoms with van der Waals surface area (Å²) in [5, 5.41) is 8.67. The molecule has 1 aliphatic rings. The van der Waals surface area contributed by atoms with Crippen LogP contribution in [0.1, 0.15) is 33.6 Å². The molecule has 0 aromatic carbocycles.